The molecule has 10 N–H and O–H groups in total. The molecule has 20 heavy (non-hydrogen) atoms. The fraction of sp³-hybridized carbons (Fsp3) is 0. The molecular weight excluding hydrogens is 296 g/mol. The average molecular weight is 306 g/mol. The minimum atomic E-state index is -1.82. The van der Waals surface area contributed by atoms with Gasteiger partial charge in [-0.3, -0.25) is 0 Å². The van der Waals surface area contributed by atoms with Crippen molar-refractivity contribution in [2.75, 3.05) is 0 Å². The average Bonchev–Trinajstić information content (AvgIpc) is 2.18. The minimum absolute atomic E-state index is 0. The molecule has 0 rings (SSSR count). The molecule has 0 saturated carbocycles. The van der Waals surface area contributed by atoms with Crippen LogP contribution < -0.4 is 0 Å². The number of rotatable bonds is 0. The van der Waals surface area contributed by atoms with Crippen LogP contribution in [0.4, 0.5) is 0 Å². The highest BCUT2D eigenvalue weighted by atomic mass is 16.5. The van der Waals surface area contributed by atoms with Gasteiger partial charge in [0.1, 0.15) is 0 Å². The molecule has 0 atom stereocenters. The molecule has 0 aliphatic heterocycles. The second-order valence-electron chi connectivity index (χ2n) is 1.83. The van der Waals surface area contributed by atoms with Crippen molar-refractivity contribution >= 4 is 35.8 Å². The Morgan fingerprint density at radius 3 is 0.400 bits per heavy atom. The van der Waals surface area contributed by atoms with Crippen LogP contribution in [-0.2, 0) is 28.8 Å². The van der Waals surface area contributed by atoms with E-state index in [1.165, 1.54) is 0 Å². The molecule has 0 unspecified atom stereocenters. The van der Waals surface area contributed by atoms with Gasteiger partial charge >= 0.3 is 35.8 Å². The molecule has 14 nitrogen and oxygen atoms in total. The Kier molecular flexibility index (Phi) is 23.7. The lowest BCUT2D eigenvalue weighted by atomic mass is 10.7. The van der Waals surface area contributed by atoms with Gasteiger partial charge in [-0.1, -0.05) is 0 Å². The third-order valence-electron chi connectivity index (χ3n) is 0.549. The van der Waals surface area contributed by atoms with Gasteiger partial charge in [-0.15, -0.1) is 0 Å². The summed E-state index contributed by atoms with van der Waals surface area (Å²) in [7, 11) is 0. The van der Waals surface area contributed by atoms with Crippen LogP contribution >= 0.6 is 0 Å². The number of carboxylic acids is 6. The first-order chi connectivity index (χ1) is 7.93. The lowest BCUT2D eigenvalue weighted by Gasteiger charge is -1.72. The van der Waals surface area contributed by atoms with E-state index in [-0.39, 0.29) is 11.0 Å². The van der Waals surface area contributed by atoms with Crippen LogP contribution in [0.15, 0.2) is 0 Å². The minimum Gasteiger partial charge on any atom is -0.473 e. The van der Waals surface area contributed by atoms with Gasteiger partial charge in [0.15, 0.2) is 0 Å². The molecule has 0 spiro atoms. The summed E-state index contributed by atoms with van der Waals surface area (Å²) in [6.07, 6.45) is 0. The number of carboxylic acid groups (broad SMARTS) is 6. The van der Waals surface area contributed by atoms with Crippen LogP contribution in [0.5, 0.6) is 0 Å². The van der Waals surface area contributed by atoms with E-state index in [0.717, 1.165) is 0 Å². The molecule has 14 heteroatoms. The predicted octanol–water partition coefficient (Wildman–Crippen LogP) is -4.18. The van der Waals surface area contributed by atoms with E-state index in [1.807, 2.05) is 0 Å². The summed E-state index contributed by atoms with van der Waals surface area (Å²) in [6, 6.07) is 0. The molecule has 0 aromatic carbocycles. The zero-order valence-electron chi connectivity index (χ0n) is 9.13. The van der Waals surface area contributed by atoms with Gasteiger partial charge in [0.05, 0.1) is 0 Å². The van der Waals surface area contributed by atoms with Crippen LogP contribution in [0.3, 0.4) is 0 Å². The van der Waals surface area contributed by atoms with E-state index < -0.39 is 35.8 Å². The molecule has 0 heterocycles. The molecule has 0 bridgehead atoms. The standard InChI is InChI=1S/3C2H2O4.2H2O/c3*3-1(4)2(5)6;;/h3*(H,3,4)(H,5,6);2*1H2. The summed E-state index contributed by atoms with van der Waals surface area (Å²) in [4.78, 5) is 54.6. The highest BCUT2D eigenvalue weighted by Crippen LogP contribution is 1.57. The largest absolute Gasteiger partial charge is 0.473 e. The van der Waals surface area contributed by atoms with Crippen molar-refractivity contribution < 1.29 is 70.4 Å². The maximum Gasteiger partial charge on any atom is 0.414 e. The van der Waals surface area contributed by atoms with E-state index in [0.29, 0.717) is 0 Å². The van der Waals surface area contributed by atoms with E-state index >= 15 is 0 Å². The number of hydrogen-bond acceptors (Lipinski definition) is 6. The maximum atomic E-state index is 9.10. The summed E-state index contributed by atoms with van der Waals surface area (Å²) in [5.41, 5.74) is 0. The Morgan fingerprint density at radius 1 is 0.350 bits per heavy atom. The fourth-order valence-corrected chi connectivity index (χ4v) is 0. The van der Waals surface area contributed by atoms with Crippen LogP contribution in [-0.4, -0.2) is 77.4 Å². The van der Waals surface area contributed by atoms with Crippen LogP contribution in [0, 0.1) is 0 Å². The Balaban J connectivity index is -0.0000000536. The third kappa shape index (κ3) is 36.4. The molecule has 0 aliphatic carbocycles. The Bertz CT molecular complexity index is 273. The fourth-order valence-electron chi connectivity index (χ4n) is 0. The first-order valence-electron chi connectivity index (χ1n) is 3.32. The van der Waals surface area contributed by atoms with Gasteiger partial charge in [-0.2, -0.15) is 0 Å². The second-order valence-corrected chi connectivity index (χ2v) is 1.83. The summed E-state index contributed by atoms with van der Waals surface area (Å²) in [5, 5.41) is 44.3. The van der Waals surface area contributed by atoms with E-state index in [2.05, 4.69) is 0 Å². The lowest BCUT2D eigenvalue weighted by molar-refractivity contribution is -0.159. The Hall–Kier alpha value is -3.26. The Labute approximate surface area is 107 Å². The molecule has 118 valence electrons. The van der Waals surface area contributed by atoms with Crippen molar-refractivity contribution in [3.63, 3.8) is 0 Å². The van der Waals surface area contributed by atoms with E-state index in [9.17, 15) is 0 Å². The van der Waals surface area contributed by atoms with Crippen molar-refractivity contribution in [2.45, 2.75) is 0 Å². The molecular formula is C6H10O14. The molecule has 0 amide bonds. The number of aliphatic carboxylic acids is 6. The van der Waals surface area contributed by atoms with Crippen LogP contribution in [0.25, 0.3) is 0 Å². The highest BCUT2D eigenvalue weighted by Gasteiger charge is 2.04. The monoisotopic (exact) mass is 306 g/mol. The zero-order chi connectivity index (χ0) is 15.5. The van der Waals surface area contributed by atoms with E-state index in [1.54, 1.807) is 0 Å². The van der Waals surface area contributed by atoms with Crippen molar-refractivity contribution in [2.24, 2.45) is 0 Å². The first kappa shape index (κ1) is 30.1. The smallest absolute Gasteiger partial charge is 0.414 e. The Morgan fingerprint density at radius 2 is 0.400 bits per heavy atom. The van der Waals surface area contributed by atoms with Gasteiger partial charge in [0, 0.05) is 0 Å². The summed E-state index contributed by atoms with van der Waals surface area (Å²) in [6.45, 7) is 0. The van der Waals surface area contributed by atoms with Crippen molar-refractivity contribution in [1.29, 1.82) is 0 Å². The third-order valence-corrected chi connectivity index (χ3v) is 0.549. The molecule has 0 radical (unpaired) electrons. The van der Waals surface area contributed by atoms with Gasteiger partial charge in [-0.05, 0) is 0 Å². The molecule has 0 fully saturated rings. The molecule has 0 aromatic heterocycles. The quantitative estimate of drug-likeness (QED) is 0.232. The number of hydrogen-bond donors (Lipinski definition) is 6. The highest BCUT2D eigenvalue weighted by molar-refractivity contribution is 6.28. The van der Waals surface area contributed by atoms with E-state index in [4.69, 9.17) is 59.4 Å². The molecule has 0 saturated heterocycles. The van der Waals surface area contributed by atoms with Gasteiger partial charge < -0.3 is 41.6 Å². The lowest BCUT2D eigenvalue weighted by Crippen LogP contribution is -2.09. The topological polar surface area (TPSA) is 287 Å². The second kappa shape index (κ2) is 15.7. The summed E-state index contributed by atoms with van der Waals surface area (Å²) >= 11 is 0. The molecule has 0 aromatic rings. The SMILES string of the molecule is O.O.O=C(O)C(=O)O.O=C(O)C(=O)O.O=C(O)C(=O)O. The van der Waals surface area contributed by atoms with Gasteiger partial charge in [0.2, 0.25) is 0 Å². The van der Waals surface area contributed by atoms with Crippen molar-refractivity contribution in [3.05, 3.63) is 0 Å². The molecule has 0 aliphatic rings. The number of carbonyl (C=O) groups is 6. The van der Waals surface area contributed by atoms with Gasteiger partial charge in [0.25, 0.3) is 0 Å². The van der Waals surface area contributed by atoms with Crippen LogP contribution in [0.2, 0.25) is 0 Å². The maximum absolute atomic E-state index is 9.10. The summed E-state index contributed by atoms with van der Waals surface area (Å²) in [5.74, 6) is -10.9. The van der Waals surface area contributed by atoms with Crippen molar-refractivity contribution in [1.82, 2.24) is 0 Å². The predicted molar refractivity (Wildman–Crippen MR) is 53.0 cm³/mol. The zero-order valence-corrected chi connectivity index (χ0v) is 9.13. The van der Waals surface area contributed by atoms with Gasteiger partial charge in [-0.25, -0.2) is 28.8 Å². The first-order valence-corrected chi connectivity index (χ1v) is 3.32. The van der Waals surface area contributed by atoms with Crippen LogP contribution in [0.1, 0.15) is 0 Å². The van der Waals surface area contributed by atoms with Crippen molar-refractivity contribution in [3.8, 4) is 0 Å². The summed E-state index contributed by atoms with van der Waals surface area (Å²) < 4.78 is 0. The normalized spacial score (nSPS) is 6.60.